The Morgan fingerprint density at radius 3 is 2.48 bits per heavy atom. The number of nitrogens with one attached hydrogen (secondary N) is 2. The number of aromatic nitrogens is 2. The molecule has 31 heavy (non-hydrogen) atoms. The largest absolute Gasteiger partial charge is 0.417 e. The second kappa shape index (κ2) is 11.3. The Balaban J connectivity index is 1.54. The van der Waals surface area contributed by atoms with Gasteiger partial charge in [-0.2, -0.15) is 0 Å². The molecule has 0 aliphatic heterocycles. The molecule has 0 bridgehead atoms. The lowest BCUT2D eigenvalue weighted by Crippen LogP contribution is -2.17. The van der Waals surface area contributed by atoms with Gasteiger partial charge in [0.25, 0.3) is 0 Å². The van der Waals surface area contributed by atoms with Crippen LogP contribution in [0.15, 0.2) is 67.0 Å². The highest BCUT2D eigenvalue weighted by molar-refractivity contribution is 5.86. The molecule has 0 aliphatic carbocycles. The number of nitrogens with zero attached hydrogens (tertiary/aromatic N) is 3. The first kappa shape index (κ1) is 21.8. The molecule has 7 heteroatoms. The second-order valence-corrected chi connectivity index (χ2v) is 7.04. The van der Waals surface area contributed by atoms with Gasteiger partial charge in [0.2, 0.25) is 5.95 Å². The third-order valence-corrected chi connectivity index (χ3v) is 4.13. The number of carbonyl (C=O) groups is 1. The van der Waals surface area contributed by atoms with Crippen molar-refractivity contribution in [1.82, 2.24) is 14.9 Å². The van der Waals surface area contributed by atoms with Crippen molar-refractivity contribution in [3.63, 3.8) is 0 Å². The van der Waals surface area contributed by atoms with Crippen LogP contribution in [-0.2, 0) is 0 Å². The third kappa shape index (κ3) is 7.80. The van der Waals surface area contributed by atoms with Crippen LogP contribution in [0.5, 0.6) is 5.75 Å². The predicted octanol–water partition coefficient (Wildman–Crippen LogP) is 3.85. The zero-order valence-electron chi connectivity index (χ0n) is 17.6. The lowest BCUT2D eigenvalue weighted by atomic mass is 10.2. The van der Waals surface area contributed by atoms with Crippen molar-refractivity contribution < 1.29 is 9.53 Å². The van der Waals surface area contributed by atoms with Gasteiger partial charge in [0.1, 0.15) is 5.75 Å². The fraction of sp³-hybridized carbons (Fsp3) is 0.208. The van der Waals surface area contributed by atoms with E-state index in [-0.39, 0.29) is 0 Å². The summed E-state index contributed by atoms with van der Waals surface area (Å²) in [6, 6.07) is 16.1. The summed E-state index contributed by atoms with van der Waals surface area (Å²) >= 11 is 0. The Bertz CT molecular complexity index is 1040. The molecule has 0 radical (unpaired) electrons. The van der Waals surface area contributed by atoms with Crippen LogP contribution in [-0.4, -0.2) is 48.1 Å². The van der Waals surface area contributed by atoms with Gasteiger partial charge in [0.05, 0.1) is 5.56 Å². The van der Waals surface area contributed by atoms with Gasteiger partial charge in [0, 0.05) is 30.2 Å². The molecule has 0 saturated heterocycles. The molecule has 1 heterocycles. The van der Waals surface area contributed by atoms with Crippen molar-refractivity contribution in [1.29, 1.82) is 0 Å². The van der Waals surface area contributed by atoms with Crippen molar-refractivity contribution in [2.24, 2.45) is 0 Å². The van der Waals surface area contributed by atoms with Crippen LogP contribution < -0.4 is 15.4 Å². The van der Waals surface area contributed by atoms with Crippen LogP contribution in [0.4, 0.5) is 16.4 Å². The van der Waals surface area contributed by atoms with Gasteiger partial charge in [-0.3, -0.25) is 5.32 Å². The average Bonchev–Trinajstić information content (AvgIpc) is 2.77. The lowest BCUT2D eigenvalue weighted by molar-refractivity contribution is 0.215. The summed E-state index contributed by atoms with van der Waals surface area (Å²) in [6.07, 6.45) is 3.83. The van der Waals surface area contributed by atoms with Crippen LogP contribution in [0.3, 0.4) is 0 Å². The molecule has 1 amide bonds. The first-order valence-electron chi connectivity index (χ1n) is 9.95. The number of hydrogen-bond donors (Lipinski definition) is 2. The van der Waals surface area contributed by atoms with E-state index in [1.807, 2.05) is 32.3 Å². The molecule has 3 rings (SSSR count). The van der Waals surface area contributed by atoms with Crippen LogP contribution in [0, 0.1) is 11.8 Å². The van der Waals surface area contributed by atoms with E-state index in [0.717, 1.165) is 25.1 Å². The second-order valence-electron chi connectivity index (χ2n) is 7.04. The predicted molar refractivity (Wildman–Crippen MR) is 122 cm³/mol. The van der Waals surface area contributed by atoms with Gasteiger partial charge in [-0.1, -0.05) is 36.1 Å². The SMILES string of the molecule is CN(C)CCCNc1ncc(C#Cc2cccc(NC(=O)Oc3ccccc3)c2)cn1. The minimum absolute atomic E-state index is 0.478. The summed E-state index contributed by atoms with van der Waals surface area (Å²) in [5.41, 5.74) is 2.06. The highest BCUT2D eigenvalue weighted by atomic mass is 16.6. The monoisotopic (exact) mass is 415 g/mol. The minimum Gasteiger partial charge on any atom is -0.410 e. The summed E-state index contributed by atoms with van der Waals surface area (Å²) in [5, 5.41) is 5.90. The molecule has 0 fully saturated rings. The number of amides is 1. The molecule has 0 atom stereocenters. The quantitative estimate of drug-likeness (QED) is 0.451. The van der Waals surface area contributed by atoms with E-state index >= 15 is 0 Å². The highest BCUT2D eigenvalue weighted by Gasteiger charge is 2.05. The van der Waals surface area contributed by atoms with Crippen molar-refractivity contribution in [2.75, 3.05) is 37.8 Å². The van der Waals surface area contributed by atoms with Crippen molar-refractivity contribution in [2.45, 2.75) is 6.42 Å². The Kier molecular flexibility index (Phi) is 7.97. The van der Waals surface area contributed by atoms with E-state index < -0.39 is 6.09 Å². The number of ether oxygens (including phenoxy) is 1. The Morgan fingerprint density at radius 1 is 1.00 bits per heavy atom. The number of carbonyl (C=O) groups excluding carboxylic acids is 1. The number of hydrogen-bond acceptors (Lipinski definition) is 6. The Morgan fingerprint density at radius 2 is 1.74 bits per heavy atom. The molecule has 158 valence electrons. The summed E-state index contributed by atoms with van der Waals surface area (Å²) in [4.78, 5) is 22.8. The first-order valence-corrected chi connectivity index (χ1v) is 9.95. The summed E-state index contributed by atoms with van der Waals surface area (Å²) in [7, 11) is 4.10. The van der Waals surface area contributed by atoms with Gasteiger partial charge >= 0.3 is 6.09 Å². The van der Waals surface area contributed by atoms with Gasteiger partial charge < -0.3 is 15.0 Å². The smallest absolute Gasteiger partial charge is 0.410 e. The highest BCUT2D eigenvalue weighted by Crippen LogP contribution is 2.13. The maximum atomic E-state index is 12.0. The topological polar surface area (TPSA) is 79.4 Å². The lowest BCUT2D eigenvalue weighted by Gasteiger charge is -2.09. The summed E-state index contributed by atoms with van der Waals surface area (Å²) in [6.45, 7) is 1.82. The zero-order valence-corrected chi connectivity index (χ0v) is 17.6. The van der Waals surface area contributed by atoms with E-state index in [2.05, 4.69) is 37.3 Å². The molecule has 1 aromatic heterocycles. The van der Waals surface area contributed by atoms with Crippen LogP contribution >= 0.6 is 0 Å². The maximum Gasteiger partial charge on any atom is 0.417 e. The minimum atomic E-state index is -0.557. The van der Waals surface area contributed by atoms with Crippen LogP contribution in [0.1, 0.15) is 17.5 Å². The molecule has 0 spiro atoms. The molecule has 2 aromatic carbocycles. The standard InChI is InChI=1S/C24H25N5O2/c1-29(2)15-7-14-25-23-26-17-20(18-27-23)13-12-19-8-6-9-21(16-19)28-24(30)31-22-10-4-3-5-11-22/h3-6,8-11,16-18H,7,14-15H2,1-2H3,(H,28,30)(H,25,26,27). The number of rotatable bonds is 7. The average molecular weight is 415 g/mol. The van der Waals surface area contributed by atoms with Crippen LogP contribution in [0.25, 0.3) is 0 Å². The molecule has 0 unspecified atom stereocenters. The summed E-state index contributed by atoms with van der Waals surface area (Å²) in [5.74, 6) is 7.17. The molecule has 3 aromatic rings. The number of para-hydroxylation sites is 1. The van der Waals surface area contributed by atoms with Crippen LogP contribution in [0.2, 0.25) is 0 Å². The molecular weight excluding hydrogens is 390 g/mol. The Labute approximate surface area is 182 Å². The summed E-state index contributed by atoms with van der Waals surface area (Å²) < 4.78 is 5.23. The van der Waals surface area contributed by atoms with Crippen molar-refractivity contribution in [3.8, 4) is 17.6 Å². The van der Waals surface area contributed by atoms with E-state index in [4.69, 9.17) is 4.74 Å². The van der Waals surface area contributed by atoms with Crippen molar-refractivity contribution >= 4 is 17.7 Å². The number of benzene rings is 2. The number of anilines is 2. The zero-order chi connectivity index (χ0) is 21.9. The normalized spacial score (nSPS) is 10.2. The van der Waals surface area contributed by atoms with Gasteiger partial charge in [-0.05, 0) is 57.4 Å². The molecular formula is C24H25N5O2. The Hall–Kier alpha value is -3.89. The van der Waals surface area contributed by atoms with E-state index in [1.165, 1.54) is 0 Å². The van der Waals surface area contributed by atoms with E-state index in [1.54, 1.807) is 48.8 Å². The molecule has 2 N–H and O–H groups in total. The van der Waals surface area contributed by atoms with E-state index in [0.29, 0.717) is 22.9 Å². The van der Waals surface area contributed by atoms with Gasteiger partial charge in [-0.15, -0.1) is 0 Å². The molecule has 0 saturated carbocycles. The van der Waals surface area contributed by atoms with E-state index in [9.17, 15) is 4.79 Å². The molecule has 7 nitrogen and oxygen atoms in total. The first-order chi connectivity index (χ1) is 15.1. The fourth-order valence-electron chi connectivity index (χ4n) is 2.64. The maximum absolute atomic E-state index is 12.0. The van der Waals surface area contributed by atoms with Gasteiger partial charge in [-0.25, -0.2) is 14.8 Å². The van der Waals surface area contributed by atoms with Crippen molar-refractivity contribution in [3.05, 3.63) is 78.1 Å². The fourth-order valence-corrected chi connectivity index (χ4v) is 2.64. The van der Waals surface area contributed by atoms with Gasteiger partial charge in [0.15, 0.2) is 0 Å². The third-order valence-electron chi connectivity index (χ3n) is 4.13. The molecule has 0 aliphatic rings.